The number of hydrogen-bond acceptors (Lipinski definition) is 3. The van der Waals surface area contributed by atoms with Crippen molar-refractivity contribution >= 4 is 5.97 Å². The van der Waals surface area contributed by atoms with E-state index >= 15 is 0 Å². The maximum absolute atomic E-state index is 11.4. The first-order valence-corrected chi connectivity index (χ1v) is 16.0. The largest absolute Gasteiger partial charge is 0.462 e. The van der Waals surface area contributed by atoms with Crippen LogP contribution in [0, 0.1) is 34.5 Å². The van der Waals surface area contributed by atoms with Gasteiger partial charge in [-0.3, -0.25) is 4.79 Å². The summed E-state index contributed by atoms with van der Waals surface area (Å²) in [6, 6.07) is 0. The molecule has 0 fully saturated rings. The van der Waals surface area contributed by atoms with Crippen molar-refractivity contribution in [3.8, 4) is 23.7 Å². The van der Waals surface area contributed by atoms with E-state index in [0.29, 0.717) is 6.42 Å². The van der Waals surface area contributed by atoms with Crippen molar-refractivity contribution in [3.63, 3.8) is 0 Å². The molecule has 0 spiro atoms. The van der Waals surface area contributed by atoms with E-state index < -0.39 is 0 Å². The summed E-state index contributed by atoms with van der Waals surface area (Å²) in [4.78, 5) is 11.4. The Morgan fingerprint density at radius 1 is 0.711 bits per heavy atom. The van der Waals surface area contributed by atoms with Gasteiger partial charge in [0, 0.05) is 35.3 Å². The molecule has 2 atom stereocenters. The average Bonchev–Trinajstić information content (AvgIpc) is 2.88. The third-order valence-electron chi connectivity index (χ3n) is 8.11. The molecule has 3 nitrogen and oxygen atoms in total. The van der Waals surface area contributed by atoms with Crippen LogP contribution >= 0.6 is 0 Å². The maximum Gasteiger partial charge on any atom is 0.302 e. The molecule has 0 aliphatic heterocycles. The lowest BCUT2D eigenvalue weighted by Crippen LogP contribution is -2.31. The number of rotatable bonds is 7. The van der Waals surface area contributed by atoms with Gasteiger partial charge in [0.2, 0.25) is 0 Å². The second-order valence-electron chi connectivity index (χ2n) is 13.9. The molecule has 2 unspecified atom stereocenters. The van der Waals surface area contributed by atoms with Crippen LogP contribution in [-0.4, -0.2) is 23.3 Å². The molecular weight excluding hydrogens is 552 g/mol. The predicted molar refractivity (Wildman–Crippen MR) is 191 cm³/mol. The van der Waals surface area contributed by atoms with Crippen LogP contribution < -0.4 is 0 Å². The number of carbonyl (C=O) groups is 1. The highest BCUT2D eigenvalue weighted by atomic mass is 16.5. The molecule has 45 heavy (non-hydrogen) atoms. The fourth-order valence-electron chi connectivity index (χ4n) is 6.05. The second kappa shape index (κ2) is 17.1. The van der Waals surface area contributed by atoms with E-state index in [0.717, 1.165) is 52.7 Å². The first-order valence-electron chi connectivity index (χ1n) is 16.0. The van der Waals surface area contributed by atoms with Crippen molar-refractivity contribution in [2.45, 2.75) is 114 Å². The van der Waals surface area contributed by atoms with Crippen LogP contribution in [-0.2, 0) is 9.53 Å². The smallest absolute Gasteiger partial charge is 0.302 e. The van der Waals surface area contributed by atoms with Gasteiger partial charge in [-0.2, -0.15) is 0 Å². The average molecular weight is 607 g/mol. The number of allylic oxidation sites excluding steroid dienone is 16. The highest BCUT2D eigenvalue weighted by molar-refractivity contribution is 5.66. The lowest BCUT2D eigenvalue weighted by molar-refractivity contribution is -0.147. The van der Waals surface area contributed by atoms with E-state index in [2.05, 4.69) is 103 Å². The molecule has 0 aromatic rings. The van der Waals surface area contributed by atoms with Gasteiger partial charge in [0.05, 0.1) is 6.10 Å². The van der Waals surface area contributed by atoms with Crippen molar-refractivity contribution in [2.75, 3.05) is 0 Å². The summed E-state index contributed by atoms with van der Waals surface area (Å²) in [6.45, 7) is 22.5. The molecule has 0 bridgehead atoms. The van der Waals surface area contributed by atoms with Crippen LogP contribution in [0.3, 0.4) is 0 Å². The van der Waals surface area contributed by atoms with Gasteiger partial charge in [0.15, 0.2) is 0 Å². The molecule has 2 aliphatic rings. The standard InChI is InChI=1S/C42H54O3/c1-30(18-14-20-32(3)22-24-39-34(5)26-37(44)28-41(39,8)9)16-12-13-17-31(2)19-15-21-33(4)23-25-40-35(6)27-38(45-36(7)43)29-42(40,10)11/h12-21,37-38,44H,26-29H2,1-11H3. The highest BCUT2D eigenvalue weighted by Crippen LogP contribution is 2.41. The van der Waals surface area contributed by atoms with Crippen LogP contribution in [0.4, 0.5) is 0 Å². The van der Waals surface area contributed by atoms with Crippen molar-refractivity contribution in [3.05, 3.63) is 105 Å². The van der Waals surface area contributed by atoms with Crippen molar-refractivity contribution in [1.82, 2.24) is 0 Å². The lowest BCUT2D eigenvalue weighted by atomic mass is 9.72. The predicted octanol–water partition coefficient (Wildman–Crippen LogP) is 10.0. The van der Waals surface area contributed by atoms with Crippen LogP contribution in [0.25, 0.3) is 0 Å². The van der Waals surface area contributed by atoms with Gasteiger partial charge in [0.1, 0.15) is 6.10 Å². The lowest BCUT2D eigenvalue weighted by Gasteiger charge is -2.36. The first kappa shape index (κ1) is 37.4. The molecule has 3 heteroatoms. The van der Waals surface area contributed by atoms with E-state index in [4.69, 9.17) is 4.74 Å². The molecule has 0 amide bonds. The minimum absolute atomic E-state index is 0.0705. The summed E-state index contributed by atoms with van der Waals surface area (Å²) in [6.07, 6.45) is 23.2. The van der Waals surface area contributed by atoms with Crippen LogP contribution in [0.15, 0.2) is 105 Å². The topological polar surface area (TPSA) is 46.5 Å². The van der Waals surface area contributed by atoms with Crippen LogP contribution in [0.5, 0.6) is 0 Å². The van der Waals surface area contributed by atoms with Crippen LogP contribution in [0.1, 0.15) is 102 Å². The zero-order valence-electron chi connectivity index (χ0n) is 29.5. The number of aliphatic hydroxyl groups excluding tert-OH is 1. The van der Waals surface area contributed by atoms with Gasteiger partial charge in [-0.15, -0.1) is 0 Å². The molecular formula is C42H54O3. The number of ether oxygens (including phenoxy) is 1. The third kappa shape index (κ3) is 13.0. The summed E-state index contributed by atoms with van der Waals surface area (Å²) in [5.74, 6) is 13.2. The number of hydrogen-bond donors (Lipinski definition) is 1. The summed E-state index contributed by atoms with van der Waals surface area (Å²) in [7, 11) is 0. The van der Waals surface area contributed by atoms with Gasteiger partial charge >= 0.3 is 5.97 Å². The molecule has 1 N–H and O–H groups in total. The van der Waals surface area contributed by atoms with Gasteiger partial charge in [-0.25, -0.2) is 0 Å². The van der Waals surface area contributed by atoms with E-state index in [-0.39, 0.29) is 29.0 Å². The van der Waals surface area contributed by atoms with E-state index in [1.54, 1.807) is 0 Å². The maximum atomic E-state index is 11.4. The number of aliphatic hydroxyl groups is 1. The van der Waals surface area contributed by atoms with Crippen molar-refractivity contribution in [1.29, 1.82) is 0 Å². The summed E-state index contributed by atoms with van der Waals surface area (Å²) >= 11 is 0. The molecule has 0 radical (unpaired) electrons. The Morgan fingerprint density at radius 2 is 1.16 bits per heavy atom. The quantitative estimate of drug-likeness (QED) is 0.178. The monoisotopic (exact) mass is 606 g/mol. The summed E-state index contributed by atoms with van der Waals surface area (Å²) in [5, 5.41) is 10.1. The Bertz CT molecular complexity index is 1510. The Morgan fingerprint density at radius 3 is 1.58 bits per heavy atom. The minimum Gasteiger partial charge on any atom is -0.462 e. The van der Waals surface area contributed by atoms with E-state index in [9.17, 15) is 9.90 Å². The zero-order chi connectivity index (χ0) is 33.8. The number of carbonyl (C=O) groups excluding carboxylic acids is 1. The summed E-state index contributed by atoms with van der Waals surface area (Å²) in [5.41, 5.74) is 8.79. The Balaban J connectivity index is 1.95. The van der Waals surface area contributed by atoms with Crippen LogP contribution in [0.2, 0.25) is 0 Å². The fourth-order valence-corrected chi connectivity index (χ4v) is 6.05. The molecule has 2 rings (SSSR count). The van der Waals surface area contributed by atoms with Crippen molar-refractivity contribution < 1.29 is 14.6 Å². The molecule has 0 saturated heterocycles. The molecule has 0 aromatic heterocycles. The molecule has 240 valence electrons. The fraction of sp³-hybridized carbons (Fsp3) is 0.452. The molecule has 2 aliphatic carbocycles. The second-order valence-corrected chi connectivity index (χ2v) is 13.9. The Hall–Kier alpha value is -3.79. The van der Waals surface area contributed by atoms with Gasteiger partial charge in [-0.1, -0.05) is 134 Å². The van der Waals surface area contributed by atoms with Gasteiger partial charge in [0.25, 0.3) is 0 Å². The Kier molecular flexibility index (Phi) is 14.2. The SMILES string of the molecule is CC(=O)OC1CC(C)=C(C#CC(C)=CC=CC(C)=CC=CC=C(C)C=CC=C(C)C#CC2=C(C)CC(O)CC2(C)C)C(C)(C)C1. The summed E-state index contributed by atoms with van der Waals surface area (Å²) < 4.78 is 5.48. The highest BCUT2D eigenvalue weighted by Gasteiger charge is 2.34. The minimum atomic E-state index is -0.267. The van der Waals surface area contributed by atoms with Crippen molar-refractivity contribution in [2.24, 2.45) is 10.8 Å². The van der Waals surface area contributed by atoms with E-state index in [1.807, 2.05) is 50.3 Å². The molecule has 0 aromatic carbocycles. The van der Waals surface area contributed by atoms with E-state index in [1.165, 1.54) is 18.1 Å². The zero-order valence-corrected chi connectivity index (χ0v) is 29.5. The first-order chi connectivity index (χ1) is 21.0. The molecule has 0 saturated carbocycles. The third-order valence-corrected chi connectivity index (χ3v) is 8.11. The number of esters is 1. The normalized spacial score (nSPS) is 22.9. The molecule has 0 heterocycles. The van der Waals surface area contributed by atoms with Gasteiger partial charge < -0.3 is 9.84 Å². The van der Waals surface area contributed by atoms with Gasteiger partial charge in [-0.05, 0) is 72.0 Å². The Labute approximate surface area is 274 Å².